The molecule has 0 amide bonds. The Bertz CT molecular complexity index is 237. The Kier molecular flexibility index (Phi) is 8.69. The van der Waals surface area contributed by atoms with Crippen molar-refractivity contribution in [2.45, 2.75) is 19.2 Å². The van der Waals surface area contributed by atoms with Crippen molar-refractivity contribution in [3.63, 3.8) is 0 Å². The highest BCUT2D eigenvalue weighted by atomic mass is 35.5. The average Bonchev–Trinajstić information content (AvgIpc) is 2.12. The van der Waals surface area contributed by atoms with Crippen LogP contribution in [0.4, 0.5) is 4.39 Å². The van der Waals surface area contributed by atoms with Gasteiger partial charge in [0.05, 0.1) is 0 Å². The number of allylic oxidation sites excluding steroid dienone is 1. The monoisotopic (exact) mass is 247 g/mol. The third-order valence-corrected chi connectivity index (χ3v) is 3.56. The zero-order valence-electron chi connectivity index (χ0n) is 7.89. The summed E-state index contributed by atoms with van der Waals surface area (Å²) in [5.74, 6) is -2.87. The highest BCUT2D eigenvalue weighted by Crippen LogP contribution is 2.48. The van der Waals surface area contributed by atoms with Gasteiger partial charge in [0, 0.05) is 6.16 Å². The molecule has 0 aromatic rings. The summed E-state index contributed by atoms with van der Waals surface area (Å²) in [6.07, 6.45) is 1.10. The van der Waals surface area contributed by atoms with Crippen molar-refractivity contribution >= 4 is 19.8 Å². The third kappa shape index (κ3) is 5.08. The van der Waals surface area contributed by atoms with Crippen LogP contribution in [0.15, 0.2) is 11.9 Å². The average molecular weight is 248 g/mol. The standard InChI is InChI=1S/C7H15FNO3P.ClH/c1-2-6(8)7(10)13(11,12)5-3-4-9;/h2,7,10H,3-5,9H2,1H3,(H,11,12);1H/b6-2+;. The normalized spacial score (nSPS) is 18.2. The lowest BCUT2D eigenvalue weighted by Gasteiger charge is -2.15. The molecule has 0 spiro atoms. The van der Waals surface area contributed by atoms with Gasteiger partial charge in [0.25, 0.3) is 0 Å². The highest BCUT2D eigenvalue weighted by Gasteiger charge is 2.31. The Hall–Kier alpha value is 0.0700. The van der Waals surface area contributed by atoms with Crippen molar-refractivity contribution in [1.29, 1.82) is 0 Å². The van der Waals surface area contributed by atoms with Gasteiger partial charge in [-0.3, -0.25) is 4.57 Å². The molecule has 0 saturated heterocycles. The Morgan fingerprint density at radius 1 is 1.71 bits per heavy atom. The number of halogens is 2. The summed E-state index contributed by atoms with van der Waals surface area (Å²) >= 11 is 0. The molecule has 0 heterocycles. The number of hydrogen-bond donors (Lipinski definition) is 3. The highest BCUT2D eigenvalue weighted by molar-refractivity contribution is 7.58. The molecule has 4 nitrogen and oxygen atoms in total. The summed E-state index contributed by atoms with van der Waals surface area (Å²) in [5, 5.41) is 9.07. The van der Waals surface area contributed by atoms with Crippen molar-refractivity contribution in [2.75, 3.05) is 12.7 Å². The van der Waals surface area contributed by atoms with Crippen LogP contribution in [0.25, 0.3) is 0 Å². The molecule has 86 valence electrons. The van der Waals surface area contributed by atoms with Gasteiger partial charge in [0.1, 0.15) is 5.83 Å². The summed E-state index contributed by atoms with van der Waals surface area (Å²) in [6.45, 7) is 1.59. The summed E-state index contributed by atoms with van der Waals surface area (Å²) in [5.41, 5.74) is 5.12. The molecule has 0 bridgehead atoms. The van der Waals surface area contributed by atoms with Crippen molar-refractivity contribution in [3.05, 3.63) is 11.9 Å². The molecule has 7 heteroatoms. The van der Waals surface area contributed by atoms with E-state index in [1.165, 1.54) is 6.92 Å². The second-order valence-electron chi connectivity index (χ2n) is 2.67. The molecule has 0 radical (unpaired) electrons. The molecular formula is C7H16ClFNO3P. The van der Waals surface area contributed by atoms with Crippen LogP contribution < -0.4 is 5.73 Å². The molecular weight excluding hydrogens is 232 g/mol. The van der Waals surface area contributed by atoms with Crippen molar-refractivity contribution < 1.29 is 19.0 Å². The minimum Gasteiger partial charge on any atom is -0.376 e. The molecule has 2 unspecified atom stereocenters. The molecule has 0 saturated carbocycles. The molecule has 0 aromatic heterocycles. The predicted octanol–water partition coefficient (Wildman–Crippen LogP) is 1.22. The first-order valence-electron chi connectivity index (χ1n) is 3.97. The van der Waals surface area contributed by atoms with Gasteiger partial charge in [-0.05, 0) is 19.9 Å². The van der Waals surface area contributed by atoms with Gasteiger partial charge in [-0.15, -0.1) is 12.4 Å². The molecule has 0 aliphatic rings. The van der Waals surface area contributed by atoms with Gasteiger partial charge in [0.15, 0.2) is 5.85 Å². The molecule has 2 atom stereocenters. The number of hydrogen-bond acceptors (Lipinski definition) is 3. The third-order valence-electron chi connectivity index (χ3n) is 1.59. The van der Waals surface area contributed by atoms with E-state index < -0.39 is 19.0 Å². The lowest BCUT2D eigenvalue weighted by atomic mass is 10.5. The Balaban J connectivity index is 0. The summed E-state index contributed by atoms with van der Waals surface area (Å²) < 4.78 is 23.9. The first-order chi connectivity index (χ1) is 5.95. The van der Waals surface area contributed by atoms with E-state index in [1.807, 2.05) is 0 Å². The molecule has 0 rings (SSSR count). The second-order valence-corrected chi connectivity index (χ2v) is 5.12. The van der Waals surface area contributed by atoms with E-state index in [0.717, 1.165) is 6.08 Å². The molecule has 0 aromatic carbocycles. The minimum atomic E-state index is -3.84. The topological polar surface area (TPSA) is 83.5 Å². The Labute approximate surface area is 88.9 Å². The van der Waals surface area contributed by atoms with E-state index in [-0.39, 0.29) is 25.1 Å². The number of nitrogens with two attached hydrogens (primary N) is 1. The van der Waals surface area contributed by atoms with Gasteiger partial charge in [-0.25, -0.2) is 4.39 Å². The zero-order valence-corrected chi connectivity index (χ0v) is 9.60. The van der Waals surface area contributed by atoms with Crippen LogP contribution in [-0.4, -0.2) is 28.6 Å². The SMILES string of the molecule is C/C=C(/F)C(O)P(=O)(O)CCCN.Cl. The van der Waals surface area contributed by atoms with Crippen LogP contribution in [0.5, 0.6) is 0 Å². The lowest BCUT2D eigenvalue weighted by molar-refractivity contribution is 0.233. The van der Waals surface area contributed by atoms with E-state index in [4.69, 9.17) is 10.8 Å². The predicted molar refractivity (Wildman–Crippen MR) is 56.5 cm³/mol. The molecule has 0 aliphatic carbocycles. The molecule has 14 heavy (non-hydrogen) atoms. The van der Waals surface area contributed by atoms with Crippen molar-refractivity contribution in [2.24, 2.45) is 5.73 Å². The second kappa shape index (κ2) is 7.37. The largest absolute Gasteiger partial charge is 0.376 e. The van der Waals surface area contributed by atoms with Gasteiger partial charge in [0.2, 0.25) is 7.37 Å². The van der Waals surface area contributed by atoms with Gasteiger partial charge in [-0.2, -0.15) is 0 Å². The maximum Gasteiger partial charge on any atom is 0.235 e. The summed E-state index contributed by atoms with van der Waals surface area (Å²) in [4.78, 5) is 9.18. The van der Waals surface area contributed by atoms with E-state index in [2.05, 4.69) is 0 Å². The Morgan fingerprint density at radius 3 is 2.57 bits per heavy atom. The van der Waals surface area contributed by atoms with Gasteiger partial charge >= 0.3 is 0 Å². The quantitative estimate of drug-likeness (QED) is 0.638. The van der Waals surface area contributed by atoms with Crippen LogP contribution in [0.2, 0.25) is 0 Å². The fourth-order valence-corrected chi connectivity index (χ4v) is 2.20. The number of rotatable bonds is 5. The zero-order chi connectivity index (χ0) is 10.5. The fraction of sp³-hybridized carbons (Fsp3) is 0.714. The number of aliphatic hydroxyl groups is 1. The van der Waals surface area contributed by atoms with Gasteiger partial charge < -0.3 is 15.7 Å². The summed E-state index contributed by atoms with van der Waals surface area (Å²) in [7, 11) is -3.84. The minimum absolute atomic E-state index is 0. The maximum absolute atomic E-state index is 12.7. The first-order valence-corrected chi connectivity index (χ1v) is 5.88. The molecule has 0 fully saturated rings. The lowest BCUT2D eigenvalue weighted by Crippen LogP contribution is -2.12. The van der Waals surface area contributed by atoms with Gasteiger partial charge in [-0.1, -0.05) is 6.08 Å². The Morgan fingerprint density at radius 2 is 2.21 bits per heavy atom. The smallest absolute Gasteiger partial charge is 0.235 e. The van der Waals surface area contributed by atoms with E-state index in [9.17, 15) is 13.8 Å². The molecule has 4 N–H and O–H groups in total. The van der Waals surface area contributed by atoms with E-state index in [0.29, 0.717) is 6.42 Å². The van der Waals surface area contributed by atoms with Crippen LogP contribution in [0, 0.1) is 0 Å². The van der Waals surface area contributed by atoms with Crippen molar-refractivity contribution in [3.8, 4) is 0 Å². The summed E-state index contributed by atoms with van der Waals surface area (Å²) in [6, 6.07) is 0. The van der Waals surface area contributed by atoms with Crippen LogP contribution >= 0.6 is 19.8 Å². The number of aliphatic hydroxyl groups excluding tert-OH is 1. The maximum atomic E-state index is 12.7. The van der Waals surface area contributed by atoms with Crippen molar-refractivity contribution in [1.82, 2.24) is 0 Å². The first kappa shape index (κ1) is 16.5. The van der Waals surface area contributed by atoms with E-state index >= 15 is 0 Å². The van der Waals surface area contributed by atoms with Crippen LogP contribution in [-0.2, 0) is 4.57 Å². The van der Waals surface area contributed by atoms with Crippen LogP contribution in [0.3, 0.4) is 0 Å². The fourth-order valence-electron chi connectivity index (χ4n) is 0.782. The van der Waals surface area contributed by atoms with E-state index in [1.54, 1.807) is 0 Å². The van der Waals surface area contributed by atoms with Crippen LogP contribution in [0.1, 0.15) is 13.3 Å². The molecule has 0 aliphatic heterocycles.